The maximum Gasteiger partial charge on any atom is 0.276 e. The molecule has 0 bridgehead atoms. The molecule has 2 aromatic carbocycles. The summed E-state index contributed by atoms with van der Waals surface area (Å²) in [6.07, 6.45) is 7.90. The van der Waals surface area contributed by atoms with Crippen molar-refractivity contribution in [2.75, 3.05) is 13.2 Å². The molecule has 0 amide bonds. The van der Waals surface area contributed by atoms with E-state index in [1.54, 1.807) is 16.6 Å². The number of nitrogens with zero attached hydrogens (tertiary/aromatic N) is 3. The second kappa shape index (κ2) is 12.5. The molecule has 0 radical (unpaired) electrons. The smallest absolute Gasteiger partial charge is 0.276 e. The topological polar surface area (TPSA) is 97.3 Å². The number of hydrogen-bond acceptors (Lipinski definition) is 5. The third-order valence-corrected chi connectivity index (χ3v) is 9.09. The summed E-state index contributed by atoms with van der Waals surface area (Å²) >= 11 is 0. The first-order valence-corrected chi connectivity index (χ1v) is 14.9. The van der Waals surface area contributed by atoms with E-state index < -0.39 is 10.0 Å². The van der Waals surface area contributed by atoms with E-state index in [-0.39, 0.29) is 16.5 Å². The van der Waals surface area contributed by atoms with Crippen molar-refractivity contribution in [3.63, 3.8) is 0 Å². The van der Waals surface area contributed by atoms with Crippen molar-refractivity contribution in [1.29, 1.82) is 0 Å². The number of hydrogen-bond donors (Lipinski definition) is 1. The van der Waals surface area contributed by atoms with E-state index in [0.717, 1.165) is 36.8 Å². The molecule has 1 fully saturated rings. The van der Waals surface area contributed by atoms with Crippen LogP contribution in [0.4, 0.5) is 0 Å². The minimum atomic E-state index is -3.75. The van der Waals surface area contributed by atoms with Crippen molar-refractivity contribution < 1.29 is 13.2 Å². The maximum absolute atomic E-state index is 13.7. The zero-order valence-electron chi connectivity index (χ0n) is 21.9. The fourth-order valence-electron chi connectivity index (χ4n) is 5.09. The third-order valence-electron chi connectivity index (χ3n) is 7.15. The number of benzene rings is 2. The first-order valence-electron chi connectivity index (χ1n) is 13.5. The monoisotopic (exact) mass is 546 g/mol. The Morgan fingerprint density at radius 2 is 1.64 bits per heavy atom. The minimum absolute atomic E-state index is 0.0182. The van der Waals surface area contributed by atoms with Crippen molar-refractivity contribution in [1.82, 2.24) is 19.1 Å². The number of sulfonamides is 1. The molecule has 0 aliphatic heterocycles. The van der Waals surface area contributed by atoms with Crippen LogP contribution in [-0.4, -0.2) is 46.7 Å². The summed E-state index contributed by atoms with van der Waals surface area (Å²) in [6, 6.07) is 22.8. The molecule has 4 aromatic rings. The van der Waals surface area contributed by atoms with Gasteiger partial charge in [-0.3, -0.25) is 9.89 Å². The molecule has 0 unspecified atom stereocenters. The van der Waals surface area contributed by atoms with Crippen LogP contribution in [0.25, 0.3) is 5.82 Å². The normalized spacial score (nSPS) is 14.3. The molecule has 9 heteroatoms. The Hall–Kier alpha value is -3.53. The zero-order chi connectivity index (χ0) is 27.1. The quantitative estimate of drug-likeness (QED) is 0.260. The van der Waals surface area contributed by atoms with Crippen LogP contribution in [0.3, 0.4) is 0 Å². The van der Waals surface area contributed by atoms with Gasteiger partial charge in [0, 0.05) is 43.6 Å². The van der Waals surface area contributed by atoms with Crippen molar-refractivity contribution in [2.24, 2.45) is 0 Å². The summed E-state index contributed by atoms with van der Waals surface area (Å²) in [5.41, 5.74) is 2.54. The molecule has 8 nitrogen and oxygen atoms in total. The molecule has 2 heterocycles. The van der Waals surface area contributed by atoms with Gasteiger partial charge in [0.1, 0.15) is 4.90 Å². The molecular formula is C30H34N4O4S. The largest absolute Gasteiger partial charge is 0.377 e. The van der Waals surface area contributed by atoms with E-state index in [9.17, 15) is 13.2 Å². The summed E-state index contributed by atoms with van der Waals surface area (Å²) in [6.45, 7) is 1.38. The van der Waals surface area contributed by atoms with Gasteiger partial charge in [0.15, 0.2) is 5.82 Å². The van der Waals surface area contributed by atoms with Crippen LogP contribution < -0.4 is 5.56 Å². The van der Waals surface area contributed by atoms with E-state index in [1.807, 2.05) is 60.7 Å². The number of H-pyrrole nitrogens is 1. The second-order valence-corrected chi connectivity index (χ2v) is 11.8. The zero-order valence-corrected chi connectivity index (χ0v) is 22.7. The Kier molecular flexibility index (Phi) is 8.71. The van der Waals surface area contributed by atoms with Gasteiger partial charge >= 0.3 is 0 Å². The van der Waals surface area contributed by atoms with E-state index in [1.165, 1.54) is 16.9 Å². The van der Waals surface area contributed by atoms with E-state index in [2.05, 4.69) is 10.1 Å². The highest BCUT2D eigenvalue weighted by Gasteiger charge is 2.33. The Morgan fingerprint density at radius 3 is 2.31 bits per heavy atom. The van der Waals surface area contributed by atoms with E-state index >= 15 is 0 Å². The van der Waals surface area contributed by atoms with Crippen LogP contribution in [0, 0.1) is 0 Å². The molecule has 0 spiro atoms. The second-order valence-electron chi connectivity index (χ2n) is 9.90. The molecule has 1 saturated carbocycles. The van der Waals surface area contributed by atoms with Gasteiger partial charge in [-0.25, -0.2) is 18.1 Å². The fourth-order valence-corrected chi connectivity index (χ4v) is 6.76. The van der Waals surface area contributed by atoms with Crippen molar-refractivity contribution >= 4 is 10.0 Å². The van der Waals surface area contributed by atoms with Crippen LogP contribution in [0.5, 0.6) is 0 Å². The molecule has 0 atom stereocenters. The minimum Gasteiger partial charge on any atom is -0.377 e. The van der Waals surface area contributed by atoms with Crippen LogP contribution in [0.15, 0.2) is 94.9 Å². The van der Waals surface area contributed by atoms with Crippen molar-refractivity contribution in [3.05, 3.63) is 112 Å². The fraction of sp³-hybridized carbons (Fsp3) is 0.333. The lowest BCUT2D eigenvalue weighted by Gasteiger charge is -2.28. The Bertz CT molecular complexity index is 1490. The summed E-state index contributed by atoms with van der Waals surface area (Å²) < 4.78 is 36.2. The Morgan fingerprint density at radius 1 is 0.949 bits per heavy atom. The lowest BCUT2D eigenvalue weighted by Crippen LogP contribution is -2.40. The summed E-state index contributed by atoms with van der Waals surface area (Å²) in [5.74, 6) is 0.347. The summed E-state index contributed by atoms with van der Waals surface area (Å²) in [5, 5.41) is 2.96. The molecule has 2 aromatic heterocycles. The molecule has 1 aliphatic carbocycles. The number of aromatic amines is 1. The van der Waals surface area contributed by atoms with Crippen LogP contribution in [-0.2, 0) is 27.8 Å². The molecular weight excluding hydrogens is 512 g/mol. The van der Waals surface area contributed by atoms with Gasteiger partial charge in [-0.1, -0.05) is 73.5 Å². The summed E-state index contributed by atoms with van der Waals surface area (Å²) in [4.78, 5) is 17.4. The average molecular weight is 547 g/mol. The van der Waals surface area contributed by atoms with Crippen molar-refractivity contribution in [3.8, 4) is 5.82 Å². The molecule has 204 valence electrons. The average Bonchev–Trinajstić information content (AvgIpc) is 3.62. The molecule has 5 rings (SSSR count). The van der Waals surface area contributed by atoms with Gasteiger partial charge in [-0.05, 0) is 42.5 Å². The molecule has 1 N–H and O–H groups in total. The predicted molar refractivity (Wildman–Crippen MR) is 150 cm³/mol. The van der Waals surface area contributed by atoms with Gasteiger partial charge in [-0.15, -0.1) is 0 Å². The lowest BCUT2D eigenvalue weighted by molar-refractivity contribution is 0.112. The third kappa shape index (κ3) is 6.55. The van der Waals surface area contributed by atoms with Crippen LogP contribution >= 0.6 is 0 Å². The molecule has 1 aliphatic rings. The van der Waals surface area contributed by atoms with Crippen LogP contribution in [0.1, 0.15) is 48.8 Å². The van der Waals surface area contributed by atoms with Crippen molar-refractivity contribution in [2.45, 2.75) is 56.1 Å². The first-order chi connectivity index (χ1) is 19.0. The number of ether oxygens (including phenoxy) is 1. The maximum atomic E-state index is 13.7. The highest BCUT2D eigenvalue weighted by Crippen LogP contribution is 2.29. The van der Waals surface area contributed by atoms with E-state index in [0.29, 0.717) is 44.0 Å². The molecule has 39 heavy (non-hydrogen) atoms. The Balaban J connectivity index is 1.26. The number of nitrogens with one attached hydrogen (secondary N) is 1. The standard InChI is InChI=1S/C30H34N4O4S/c35-30-26(20-24-10-3-1-4-11-24)21-32-34(30)29-17-16-28(22-31-29)39(36,37)33(27-14-7-8-15-27)18-9-19-38-23-25-12-5-2-6-13-25/h1-6,10-13,16-17,21-22,27,32H,7-9,14-15,18-20,23H2. The van der Waals surface area contributed by atoms with E-state index in [4.69, 9.17) is 4.74 Å². The highest BCUT2D eigenvalue weighted by atomic mass is 32.2. The number of aromatic nitrogens is 3. The van der Waals surface area contributed by atoms with Gasteiger partial charge in [0.05, 0.1) is 6.61 Å². The van der Waals surface area contributed by atoms with Gasteiger partial charge < -0.3 is 4.74 Å². The van der Waals surface area contributed by atoms with Gasteiger partial charge in [-0.2, -0.15) is 4.31 Å². The highest BCUT2D eigenvalue weighted by molar-refractivity contribution is 7.89. The SMILES string of the molecule is O=c1c(Cc2ccccc2)c[nH]n1-c1ccc(S(=O)(=O)N(CCCOCc2ccccc2)C2CCCC2)cn1. The summed E-state index contributed by atoms with van der Waals surface area (Å²) in [7, 11) is -3.75. The predicted octanol–water partition coefficient (Wildman–Crippen LogP) is 4.69. The number of pyridine rings is 1. The number of rotatable bonds is 12. The molecule has 0 saturated heterocycles. The Labute approximate surface area is 229 Å². The van der Waals surface area contributed by atoms with Gasteiger partial charge in [0.25, 0.3) is 5.56 Å². The lowest BCUT2D eigenvalue weighted by atomic mass is 10.1. The first kappa shape index (κ1) is 27.1. The van der Waals surface area contributed by atoms with Gasteiger partial charge in [0.2, 0.25) is 10.0 Å². The van der Waals surface area contributed by atoms with Crippen LogP contribution in [0.2, 0.25) is 0 Å².